The zero-order valence-electron chi connectivity index (χ0n) is 16.6. The van der Waals surface area contributed by atoms with Gasteiger partial charge in [0.05, 0.1) is 17.3 Å². The summed E-state index contributed by atoms with van der Waals surface area (Å²) in [4.78, 5) is 19.9. The summed E-state index contributed by atoms with van der Waals surface area (Å²) >= 11 is 0. The molecule has 1 aliphatic carbocycles. The van der Waals surface area contributed by atoms with Crippen molar-refractivity contribution in [3.63, 3.8) is 0 Å². The van der Waals surface area contributed by atoms with Crippen molar-refractivity contribution in [3.8, 4) is 17.2 Å². The molecule has 0 radical (unpaired) electrons. The summed E-state index contributed by atoms with van der Waals surface area (Å²) in [6.07, 6.45) is 8.58. The van der Waals surface area contributed by atoms with E-state index in [9.17, 15) is 10.1 Å². The van der Waals surface area contributed by atoms with Crippen LogP contribution in [0.15, 0.2) is 65.7 Å². The van der Waals surface area contributed by atoms with E-state index in [1.165, 1.54) is 0 Å². The fourth-order valence-corrected chi connectivity index (χ4v) is 4.19. The van der Waals surface area contributed by atoms with Crippen LogP contribution in [0.5, 0.6) is 0 Å². The van der Waals surface area contributed by atoms with E-state index >= 15 is 0 Å². The van der Waals surface area contributed by atoms with E-state index < -0.39 is 0 Å². The maximum atomic E-state index is 12.5. The highest BCUT2D eigenvalue weighted by atomic mass is 16.1. The van der Waals surface area contributed by atoms with Crippen LogP contribution in [0.25, 0.3) is 17.2 Å². The van der Waals surface area contributed by atoms with Gasteiger partial charge in [0.15, 0.2) is 0 Å². The standard InChI is InChI=1S/C25H23N3O/c1-16-13-18-11-12-27-25(29)24(18)22(17(16)2)10-9-21-8-7-20(15-28-21)23-6-4-3-5-19(23)14-26/h3-12,15-17,22H,13H2,1-2H3,(H,27,29)/t16-,17+,22-/m0/s1. The Bertz CT molecular complexity index is 1150. The Morgan fingerprint density at radius 3 is 2.76 bits per heavy atom. The van der Waals surface area contributed by atoms with Gasteiger partial charge in [0.2, 0.25) is 0 Å². The Morgan fingerprint density at radius 2 is 2.00 bits per heavy atom. The average molecular weight is 381 g/mol. The first-order chi connectivity index (χ1) is 14.1. The van der Waals surface area contributed by atoms with E-state index in [1.54, 1.807) is 12.4 Å². The van der Waals surface area contributed by atoms with Crippen molar-refractivity contribution in [2.75, 3.05) is 0 Å². The molecule has 0 aliphatic heterocycles. The molecule has 4 rings (SSSR count). The summed E-state index contributed by atoms with van der Waals surface area (Å²) in [5.41, 5.74) is 5.31. The predicted octanol–water partition coefficient (Wildman–Crippen LogP) is 4.93. The number of hydrogen-bond acceptors (Lipinski definition) is 3. The number of H-pyrrole nitrogens is 1. The molecule has 1 N–H and O–H groups in total. The van der Waals surface area contributed by atoms with Gasteiger partial charge >= 0.3 is 0 Å². The van der Waals surface area contributed by atoms with Crippen molar-refractivity contribution in [1.82, 2.24) is 9.97 Å². The normalized spacial score (nSPS) is 20.9. The summed E-state index contributed by atoms with van der Waals surface area (Å²) in [6, 6.07) is 15.7. The Kier molecular flexibility index (Phi) is 5.14. The topological polar surface area (TPSA) is 69.5 Å². The summed E-state index contributed by atoms with van der Waals surface area (Å²) in [6.45, 7) is 4.46. The Balaban J connectivity index is 1.63. The summed E-state index contributed by atoms with van der Waals surface area (Å²) in [5.74, 6) is 0.959. The summed E-state index contributed by atoms with van der Waals surface area (Å²) in [7, 11) is 0. The second-order valence-corrected chi connectivity index (χ2v) is 7.80. The highest BCUT2D eigenvalue weighted by Gasteiger charge is 2.31. The lowest BCUT2D eigenvalue weighted by molar-refractivity contribution is 0.330. The third kappa shape index (κ3) is 3.64. The maximum absolute atomic E-state index is 12.5. The fraction of sp³-hybridized carbons (Fsp3) is 0.240. The van der Waals surface area contributed by atoms with Crippen molar-refractivity contribution in [1.29, 1.82) is 5.26 Å². The van der Waals surface area contributed by atoms with Crippen LogP contribution < -0.4 is 5.56 Å². The molecule has 1 aliphatic rings. The number of nitrogens with one attached hydrogen (secondary N) is 1. The highest BCUT2D eigenvalue weighted by molar-refractivity contribution is 5.70. The minimum atomic E-state index is 0.00678. The monoisotopic (exact) mass is 381 g/mol. The molecule has 0 unspecified atom stereocenters. The van der Waals surface area contributed by atoms with Crippen LogP contribution in [0, 0.1) is 23.2 Å². The van der Waals surface area contributed by atoms with Gasteiger partial charge in [0.25, 0.3) is 5.56 Å². The van der Waals surface area contributed by atoms with Crippen molar-refractivity contribution >= 4 is 6.08 Å². The van der Waals surface area contributed by atoms with Crippen molar-refractivity contribution in [2.45, 2.75) is 26.2 Å². The number of nitriles is 1. The molecule has 4 heteroatoms. The third-order valence-corrected chi connectivity index (χ3v) is 6.05. The number of allylic oxidation sites excluding steroid dienone is 1. The first-order valence-electron chi connectivity index (χ1n) is 9.92. The number of pyridine rings is 2. The lowest BCUT2D eigenvalue weighted by atomic mass is 9.71. The Labute approximate surface area is 170 Å². The van der Waals surface area contributed by atoms with E-state index in [1.807, 2.05) is 48.5 Å². The van der Waals surface area contributed by atoms with Crippen molar-refractivity contribution < 1.29 is 0 Å². The molecule has 0 bridgehead atoms. The van der Waals surface area contributed by atoms with Gasteiger partial charge in [-0.1, -0.05) is 44.2 Å². The molecule has 0 saturated carbocycles. The molecule has 0 fully saturated rings. The van der Waals surface area contributed by atoms with E-state index in [0.29, 0.717) is 17.4 Å². The van der Waals surface area contributed by atoms with Gasteiger partial charge in [-0.05, 0) is 48.1 Å². The third-order valence-electron chi connectivity index (χ3n) is 6.05. The molecule has 3 atom stereocenters. The predicted molar refractivity (Wildman–Crippen MR) is 115 cm³/mol. The first-order valence-corrected chi connectivity index (χ1v) is 9.92. The number of nitrogens with zero attached hydrogens (tertiary/aromatic N) is 2. The van der Waals surface area contributed by atoms with Gasteiger partial charge in [0, 0.05) is 35.0 Å². The number of aromatic amines is 1. The molecule has 0 spiro atoms. The molecular formula is C25H23N3O. The lowest BCUT2D eigenvalue weighted by Crippen LogP contribution is -2.31. The SMILES string of the molecule is C[C@H]1[C@H](C=Cc2ccc(-c3ccccc3C#N)cn2)c2c(cc[nH]c2=O)C[C@@H]1C. The van der Waals surface area contributed by atoms with Gasteiger partial charge in [-0.15, -0.1) is 0 Å². The molecule has 144 valence electrons. The molecule has 1 aromatic carbocycles. The molecule has 0 amide bonds. The largest absolute Gasteiger partial charge is 0.329 e. The smallest absolute Gasteiger partial charge is 0.252 e. The Hall–Kier alpha value is -3.45. The second kappa shape index (κ2) is 7.89. The average Bonchev–Trinajstić information content (AvgIpc) is 2.75. The van der Waals surface area contributed by atoms with Crippen LogP contribution in [0.4, 0.5) is 0 Å². The van der Waals surface area contributed by atoms with Crippen molar-refractivity contribution in [3.05, 3.63) is 93.7 Å². The summed E-state index contributed by atoms with van der Waals surface area (Å²) in [5, 5.41) is 9.30. The zero-order chi connectivity index (χ0) is 20.4. The quantitative estimate of drug-likeness (QED) is 0.699. The number of fused-ring (bicyclic) bond motifs is 1. The van der Waals surface area contributed by atoms with E-state index in [-0.39, 0.29) is 11.5 Å². The van der Waals surface area contributed by atoms with E-state index in [4.69, 9.17) is 0 Å². The van der Waals surface area contributed by atoms with E-state index in [0.717, 1.165) is 34.4 Å². The fourth-order valence-electron chi connectivity index (χ4n) is 4.19. The van der Waals surface area contributed by atoms with Crippen LogP contribution in [0.1, 0.15) is 42.1 Å². The number of benzene rings is 1. The lowest BCUT2D eigenvalue weighted by Gasteiger charge is -2.33. The van der Waals surface area contributed by atoms with Gasteiger partial charge < -0.3 is 4.98 Å². The van der Waals surface area contributed by atoms with Crippen LogP contribution in [-0.2, 0) is 6.42 Å². The van der Waals surface area contributed by atoms with Crippen molar-refractivity contribution in [2.24, 2.45) is 11.8 Å². The van der Waals surface area contributed by atoms with E-state index in [2.05, 4.69) is 36.0 Å². The van der Waals surface area contributed by atoms with Crippen LogP contribution in [0.3, 0.4) is 0 Å². The Morgan fingerprint density at radius 1 is 1.17 bits per heavy atom. The molecule has 2 heterocycles. The molecule has 3 aromatic rings. The van der Waals surface area contributed by atoms with Crippen LogP contribution in [0.2, 0.25) is 0 Å². The second-order valence-electron chi connectivity index (χ2n) is 7.80. The molecule has 4 nitrogen and oxygen atoms in total. The zero-order valence-corrected chi connectivity index (χ0v) is 16.6. The number of aromatic nitrogens is 2. The van der Waals surface area contributed by atoms with Crippen LogP contribution in [-0.4, -0.2) is 9.97 Å². The minimum absolute atomic E-state index is 0.00678. The molecular weight excluding hydrogens is 358 g/mol. The molecule has 2 aromatic heterocycles. The molecule has 0 saturated heterocycles. The number of rotatable bonds is 3. The van der Waals surface area contributed by atoms with Gasteiger partial charge in [-0.2, -0.15) is 5.26 Å². The summed E-state index contributed by atoms with van der Waals surface area (Å²) < 4.78 is 0. The van der Waals surface area contributed by atoms with Gasteiger partial charge in [-0.25, -0.2) is 0 Å². The molecule has 29 heavy (non-hydrogen) atoms. The highest BCUT2D eigenvalue weighted by Crippen LogP contribution is 2.38. The minimum Gasteiger partial charge on any atom is -0.329 e. The first kappa shape index (κ1) is 18.9. The van der Waals surface area contributed by atoms with Gasteiger partial charge in [0.1, 0.15) is 0 Å². The van der Waals surface area contributed by atoms with Gasteiger partial charge in [-0.3, -0.25) is 9.78 Å². The number of hydrogen-bond donors (Lipinski definition) is 1. The van der Waals surface area contributed by atoms with Crippen LogP contribution >= 0.6 is 0 Å². The maximum Gasteiger partial charge on any atom is 0.252 e.